The molecule has 1 aliphatic heterocycles. The summed E-state index contributed by atoms with van der Waals surface area (Å²) >= 11 is 0. The Hall–Kier alpha value is -2.40. The molecule has 0 bridgehead atoms. The molecule has 0 saturated carbocycles. The first kappa shape index (κ1) is 17.0. The Morgan fingerprint density at radius 1 is 1.31 bits per heavy atom. The number of nitrogens with zero attached hydrogens (tertiary/aromatic N) is 2. The lowest BCUT2D eigenvalue weighted by atomic mass is 9.78. The predicted molar refractivity (Wildman–Crippen MR) is 103 cm³/mol. The zero-order valence-electron chi connectivity index (χ0n) is 15.5. The Bertz CT molecular complexity index is 846. The number of urea groups is 1. The van der Waals surface area contributed by atoms with Crippen LogP contribution in [0.5, 0.6) is 0 Å². The standard InChI is InChI=1S/C21H26N4O/c1-21(2)13-25(12-14-5-3-4-6-18(14)21)20(26)24-17-10-15-9-16(22)7-8-19(15)23-11-17/h3-6,10-11,16H,7-9,12-13,22H2,1-2H3,(H,24,26). The zero-order valence-corrected chi connectivity index (χ0v) is 15.5. The molecule has 1 aromatic heterocycles. The highest BCUT2D eigenvalue weighted by Gasteiger charge is 2.33. The molecule has 0 saturated heterocycles. The fourth-order valence-corrected chi connectivity index (χ4v) is 4.20. The van der Waals surface area contributed by atoms with Gasteiger partial charge in [-0.1, -0.05) is 38.1 Å². The van der Waals surface area contributed by atoms with Crippen molar-refractivity contribution < 1.29 is 4.79 Å². The van der Waals surface area contributed by atoms with Crippen molar-refractivity contribution in [3.05, 3.63) is 58.9 Å². The number of anilines is 1. The highest BCUT2D eigenvalue weighted by atomic mass is 16.2. The summed E-state index contributed by atoms with van der Waals surface area (Å²) in [4.78, 5) is 19.3. The molecule has 0 fully saturated rings. The number of nitrogens with two attached hydrogens (primary N) is 1. The van der Waals surface area contributed by atoms with Crippen LogP contribution >= 0.6 is 0 Å². The normalized spacial score (nSPS) is 20.9. The number of benzene rings is 1. The Balaban J connectivity index is 1.52. The van der Waals surface area contributed by atoms with Crippen LogP contribution in [0.4, 0.5) is 10.5 Å². The number of pyridine rings is 1. The Kier molecular flexibility index (Phi) is 4.19. The molecule has 1 aliphatic carbocycles. The van der Waals surface area contributed by atoms with Gasteiger partial charge in [0.2, 0.25) is 0 Å². The molecule has 0 spiro atoms. The molecule has 1 aromatic carbocycles. The van der Waals surface area contributed by atoms with Gasteiger partial charge in [-0.15, -0.1) is 0 Å². The topological polar surface area (TPSA) is 71.2 Å². The van der Waals surface area contributed by atoms with Gasteiger partial charge in [-0.25, -0.2) is 4.79 Å². The molecule has 26 heavy (non-hydrogen) atoms. The van der Waals surface area contributed by atoms with Gasteiger partial charge in [-0.2, -0.15) is 0 Å². The second-order valence-corrected chi connectivity index (χ2v) is 8.16. The van der Waals surface area contributed by atoms with Gasteiger partial charge in [-0.3, -0.25) is 4.98 Å². The highest BCUT2D eigenvalue weighted by molar-refractivity contribution is 5.89. The third kappa shape index (κ3) is 3.19. The van der Waals surface area contributed by atoms with Crippen molar-refractivity contribution in [3.63, 3.8) is 0 Å². The first-order valence-electron chi connectivity index (χ1n) is 9.30. The number of carbonyl (C=O) groups excluding carboxylic acids is 1. The largest absolute Gasteiger partial charge is 0.327 e. The van der Waals surface area contributed by atoms with Crippen LogP contribution in [0.1, 0.15) is 42.7 Å². The van der Waals surface area contributed by atoms with E-state index in [0.29, 0.717) is 13.1 Å². The van der Waals surface area contributed by atoms with Crippen LogP contribution in [-0.2, 0) is 24.8 Å². The van der Waals surface area contributed by atoms with Gasteiger partial charge in [0.15, 0.2) is 0 Å². The van der Waals surface area contributed by atoms with Crippen LogP contribution in [0.2, 0.25) is 0 Å². The lowest BCUT2D eigenvalue weighted by Crippen LogP contribution is -2.46. The van der Waals surface area contributed by atoms with Crippen molar-refractivity contribution >= 4 is 11.7 Å². The first-order valence-corrected chi connectivity index (χ1v) is 9.30. The third-order valence-corrected chi connectivity index (χ3v) is 5.53. The second-order valence-electron chi connectivity index (χ2n) is 8.16. The van der Waals surface area contributed by atoms with Crippen LogP contribution in [0.3, 0.4) is 0 Å². The summed E-state index contributed by atoms with van der Waals surface area (Å²) in [6.07, 6.45) is 4.49. The minimum absolute atomic E-state index is 0.0624. The molecule has 2 aliphatic rings. The van der Waals surface area contributed by atoms with Crippen LogP contribution in [0.25, 0.3) is 0 Å². The number of carbonyl (C=O) groups is 1. The molecule has 1 unspecified atom stereocenters. The van der Waals surface area contributed by atoms with Crippen LogP contribution in [0.15, 0.2) is 36.5 Å². The van der Waals surface area contributed by atoms with E-state index >= 15 is 0 Å². The molecule has 4 rings (SSSR count). The lowest BCUT2D eigenvalue weighted by molar-refractivity contribution is 0.186. The van der Waals surface area contributed by atoms with E-state index in [2.05, 4.69) is 42.3 Å². The Morgan fingerprint density at radius 2 is 2.12 bits per heavy atom. The number of hydrogen-bond acceptors (Lipinski definition) is 3. The van der Waals surface area contributed by atoms with E-state index in [-0.39, 0.29) is 17.5 Å². The summed E-state index contributed by atoms with van der Waals surface area (Å²) < 4.78 is 0. The molecule has 2 aromatic rings. The third-order valence-electron chi connectivity index (χ3n) is 5.53. The van der Waals surface area contributed by atoms with Gasteiger partial charge in [-0.05, 0) is 42.0 Å². The maximum absolute atomic E-state index is 12.9. The molecular weight excluding hydrogens is 324 g/mol. The van der Waals surface area contributed by atoms with Crippen molar-refractivity contribution in [2.24, 2.45) is 5.73 Å². The van der Waals surface area contributed by atoms with Crippen LogP contribution in [0, 0.1) is 0 Å². The number of rotatable bonds is 1. The smallest absolute Gasteiger partial charge is 0.322 e. The van der Waals surface area contributed by atoms with Gasteiger partial charge in [0, 0.05) is 30.2 Å². The number of amides is 2. The molecule has 0 radical (unpaired) electrons. The fraction of sp³-hybridized carbons (Fsp3) is 0.429. The highest BCUT2D eigenvalue weighted by Crippen LogP contribution is 2.33. The van der Waals surface area contributed by atoms with E-state index in [1.807, 2.05) is 17.0 Å². The molecule has 5 nitrogen and oxygen atoms in total. The molecule has 2 heterocycles. The molecular formula is C21H26N4O. The summed E-state index contributed by atoms with van der Waals surface area (Å²) in [5, 5.41) is 3.03. The van der Waals surface area contributed by atoms with Crippen LogP contribution < -0.4 is 11.1 Å². The molecule has 136 valence electrons. The van der Waals surface area contributed by atoms with Gasteiger partial charge >= 0.3 is 6.03 Å². The summed E-state index contributed by atoms with van der Waals surface area (Å²) in [7, 11) is 0. The SMILES string of the molecule is CC1(C)CN(C(=O)Nc2cnc3c(c2)CC(N)CC3)Cc2ccccc21. The van der Waals surface area contributed by atoms with Crippen molar-refractivity contribution in [2.45, 2.75) is 51.1 Å². The summed E-state index contributed by atoms with van der Waals surface area (Å²) in [6.45, 7) is 5.70. The quantitative estimate of drug-likeness (QED) is 0.829. The van der Waals surface area contributed by atoms with Crippen molar-refractivity contribution in [2.75, 3.05) is 11.9 Å². The van der Waals surface area contributed by atoms with Gasteiger partial charge in [0.1, 0.15) is 0 Å². The van der Waals surface area contributed by atoms with Crippen molar-refractivity contribution in [1.29, 1.82) is 0 Å². The zero-order chi connectivity index (χ0) is 18.3. The lowest BCUT2D eigenvalue weighted by Gasteiger charge is -2.39. The predicted octanol–water partition coefficient (Wildman–Crippen LogP) is 3.22. The Labute approximate surface area is 154 Å². The molecule has 2 amide bonds. The minimum Gasteiger partial charge on any atom is -0.327 e. The monoisotopic (exact) mass is 350 g/mol. The van der Waals surface area contributed by atoms with E-state index in [4.69, 9.17) is 5.73 Å². The molecule has 3 N–H and O–H groups in total. The molecule has 1 atom stereocenters. The summed E-state index contributed by atoms with van der Waals surface area (Å²) in [6, 6.07) is 10.5. The van der Waals surface area contributed by atoms with Gasteiger partial charge in [0.25, 0.3) is 0 Å². The van der Waals surface area contributed by atoms with Crippen LogP contribution in [-0.4, -0.2) is 28.5 Å². The number of aryl methyl sites for hydroxylation is 1. The number of aromatic nitrogens is 1. The average Bonchev–Trinajstić information content (AvgIpc) is 2.61. The summed E-state index contributed by atoms with van der Waals surface area (Å²) in [5.74, 6) is 0. The number of hydrogen-bond donors (Lipinski definition) is 2. The first-order chi connectivity index (χ1) is 12.4. The second kappa shape index (κ2) is 6.40. The van der Waals surface area contributed by atoms with Gasteiger partial charge in [0.05, 0.1) is 11.9 Å². The fourth-order valence-electron chi connectivity index (χ4n) is 4.20. The Morgan fingerprint density at radius 3 is 2.96 bits per heavy atom. The van der Waals surface area contributed by atoms with E-state index in [9.17, 15) is 4.79 Å². The van der Waals surface area contributed by atoms with Crippen molar-refractivity contribution in [3.8, 4) is 0 Å². The van der Waals surface area contributed by atoms with Crippen molar-refractivity contribution in [1.82, 2.24) is 9.88 Å². The number of nitrogens with one attached hydrogen (secondary N) is 1. The maximum Gasteiger partial charge on any atom is 0.322 e. The number of fused-ring (bicyclic) bond motifs is 2. The van der Waals surface area contributed by atoms with E-state index in [1.165, 1.54) is 11.1 Å². The van der Waals surface area contributed by atoms with E-state index in [1.54, 1.807) is 6.20 Å². The van der Waals surface area contributed by atoms with Gasteiger partial charge < -0.3 is 16.0 Å². The van der Waals surface area contributed by atoms with E-state index < -0.39 is 0 Å². The molecule has 5 heteroatoms. The van der Waals surface area contributed by atoms with E-state index in [0.717, 1.165) is 36.2 Å². The maximum atomic E-state index is 12.9. The minimum atomic E-state index is -0.0746. The summed E-state index contributed by atoms with van der Waals surface area (Å²) in [5.41, 5.74) is 11.6. The average molecular weight is 350 g/mol.